The summed E-state index contributed by atoms with van der Waals surface area (Å²) >= 11 is 3.39. The maximum absolute atomic E-state index is 11.4. The number of esters is 1. The molecule has 1 aromatic carbocycles. The molecule has 4 nitrogen and oxygen atoms in total. The molecule has 0 radical (unpaired) electrons. The second-order valence-electron chi connectivity index (χ2n) is 4.00. The first-order valence-electron chi connectivity index (χ1n) is 5.80. The largest absolute Gasteiger partial charge is 0.463 e. The Morgan fingerprint density at radius 3 is 2.68 bits per heavy atom. The van der Waals surface area contributed by atoms with E-state index in [1.807, 2.05) is 24.3 Å². The number of hydrogen-bond acceptors (Lipinski definition) is 4. The molecule has 2 aromatic rings. The number of methoxy groups -OCH3 is 1. The third kappa shape index (κ3) is 3.68. The SMILES string of the molecule is COC(=O)c1occc1CNCc1ccc(Br)cc1. The minimum atomic E-state index is -0.453. The third-order valence-electron chi connectivity index (χ3n) is 2.68. The van der Waals surface area contributed by atoms with E-state index < -0.39 is 5.97 Å². The van der Waals surface area contributed by atoms with Gasteiger partial charge in [0.05, 0.1) is 13.4 Å². The van der Waals surface area contributed by atoms with Crippen LogP contribution in [0.15, 0.2) is 45.5 Å². The first-order valence-corrected chi connectivity index (χ1v) is 6.60. The van der Waals surface area contributed by atoms with Crippen molar-refractivity contribution in [3.63, 3.8) is 0 Å². The van der Waals surface area contributed by atoms with Crippen molar-refractivity contribution in [2.75, 3.05) is 7.11 Å². The van der Waals surface area contributed by atoms with Gasteiger partial charge < -0.3 is 14.5 Å². The molecule has 5 heteroatoms. The molecule has 0 bridgehead atoms. The van der Waals surface area contributed by atoms with Crippen LogP contribution >= 0.6 is 15.9 Å². The molecule has 19 heavy (non-hydrogen) atoms. The first kappa shape index (κ1) is 13.8. The van der Waals surface area contributed by atoms with Crippen LogP contribution in [0, 0.1) is 0 Å². The lowest BCUT2D eigenvalue weighted by Gasteiger charge is -2.05. The topological polar surface area (TPSA) is 51.5 Å². The normalized spacial score (nSPS) is 10.4. The lowest BCUT2D eigenvalue weighted by molar-refractivity contribution is 0.0563. The van der Waals surface area contributed by atoms with Crippen molar-refractivity contribution in [3.8, 4) is 0 Å². The van der Waals surface area contributed by atoms with Crippen LogP contribution in [-0.2, 0) is 17.8 Å². The molecular weight excluding hydrogens is 310 g/mol. The predicted octanol–water partition coefficient (Wildman–Crippen LogP) is 3.12. The summed E-state index contributed by atoms with van der Waals surface area (Å²) in [5.41, 5.74) is 1.97. The Balaban J connectivity index is 1.91. The van der Waals surface area contributed by atoms with Crippen LogP contribution < -0.4 is 5.32 Å². The van der Waals surface area contributed by atoms with Crippen LogP contribution in [0.1, 0.15) is 21.7 Å². The van der Waals surface area contributed by atoms with E-state index in [0.717, 1.165) is 16.6 Å². The molecule has 2 rings (SSSR count). The number of rotatable bonds is 5. The van der Waals surface area contributed by atoms with E-state index in [1.165, 1.54) is 18.9 Å². The highest BCUT2D eigenvalue weighted by Crippen LogP contribution is 2.13. The van der Waals surface area contributed by atoms with E-state index in [1.54, 1.807) is 6.07 Å². The second-order valence-corrected chi connectivity index (χ2v) is 4.91. The van der Waals surface area contributed by atoms with E-state index >= 15 is 0 Å². The van der Waals surface area contributed by atoms with Gasteiger partial charge in [-0.1, -0.05) is 28.1 Å². The summed E-state index contributed by atoms with van der Waals surface area (Å²) in [5, 5.41) is 3.26. The lowest BCUT2D eigenvalue weighted by atomic mass is 10.2. The Morgan fingerprint density at radius 2 is 2.00 bits per heavy atom. The number of carbonyl (C=O) groups excluding carboxylic acids is 1. The van der Waals surface area contributed by atoms with Gasteiger partial charge in [0, 0.05) is 23.1 Å². The minimum Gasteiger partial charge on any atom is -0.463 e. The Bertz CT molecular complexity index is 548. The molecule has 0 spiro atoms. The van der Waals surface area contributed by atoms with E-state index in [2.05, 4.69) is 26.0 Å². The number of benzene rings is 1. The number of ether oxygens (including phenoxy) is 1. The second kappa shape index (κ2) is 6.54. The summed E-state index contributed by atoms with van der Waals surface area (Å²) in [6, 6.07) is 9.83. The summed E-state index contributed by atoms with van der Waals surface area (Å²) in [4.78, 5) is 11.4. The van der Waals surface area contributed by atoms with Gasteiger partial charge in [-0.15, -0.1) is 0 Å². The minimum absolute atomic E-state index is 0.255. The molecule has 1 heterocycles. The molecule has 1 N–H and O–H groups in total. The zero-order valence-corrected chi connectivity index (χ0v) is 12.1. The molecule has 0 unspecified atom stereocenters. The van der Waals surface area contributed by atoms with Gasteiger partial charge in [-0.2, -0.15) is 0 Å². The van der Waals surface area contributed by atoms with Crippen molar-refractivity contribution in [2.24, 2.45) is 0 Å². The van der Waals surface area contributed by atoms with Gasteiger partial charge in [0.1, 0.15) is 0 Å². The first-order chi connectivity index (χ1) is 9.20. The predicted molar refractivity (Wildman–Crippen MR) is 74.7 cm³/mol. The highest BCUT2D eigenvalue weighted by Gasteiger charge is 2.14. The van der Waals surface area contributed by atoms with Crippen LogP contribution in [0.2, 0.25) is 0 Å². The zero-order chi connectivity index (χ0) is 13.7. The van der Waals surface area contributed by atoms with E-state index in [9.17, 15) is 4.79 Å². The van der Waals surface area contributed by atoms with E-state index in [4.69, 9.17) is 4.42 Å². The van der Waals surface area contributed by atoms with Crippen molar-refractivity contribution in [2.45, 2.75) is 13.1 Å². The summed E-state index contributed by atoms with van der Waals surface area (Å²) in [5.74, 6) is -0.198. The van der Waals surface area contributed by atoms with Gasteiger partial charge in [0.2, 0.25) is 5.76 Å². The molecule has 0 atom stereocenters. The quantitative estimate of drug-likeness (QED) is 0.859. The number of nitrogens with one attached hydrogen (secondary N) is 1. The van der Waals surface area contributed by atoms with Crippen molar-refractivity contribution < 1.29 is 13.9 Å². The fourth-order valence-corrected chi connectivity index (χ4v) is 1.95. The molecule has 100 valence electrons. The standard InChI is InChI=1S/C14H14BrNO3/c1-18-14(17)13-11(6-7-19-13)9-16-8-10-2-4-12(15)5-3-10/h2-7,16H,8-9H2,1H3. The third-order valence-corrected chi connectivity index (χ3v) is 3.20. The lowest BCUT2D eigenvalue weighted by Crippen LogP contribution is -2.14. The highest BCUT2D eigenvalue weighted by atomic mass is 79.9. The van der Waals surface area contributed by atoms with Gasteiger partial charge in [-0.05, 0) is 23.8 Å². The number of hydrogen-bond donors (Lipinski definition) is 1. The summed E-state index contributed by atoms with van der Waals surface area (Å²) in [7, 11) is 1.34. The van der Waals surface area contributed by atoms with E-state index in [0.29, 0.717) is 6.54 Å². The number of halogens is 1. The Labute approximate surface area is 119 Å². The smallest absolute Gasteiger partial charge is 0.374 e. The summed E-state index contributed by atoms with van der Waals surface area (Å²) in [6.45, 7) is 1.27. The summed E-state index contributed by atoms with van der Waals surface area (Å²) < 4.78 is 10.8. The molecule has 0 aliphatic rings. The molecule has 0 fully saturated rings. The van der Waals surface area contributed by atoms with Crippen LogP contribution in [0.5, 0.6) is 0 Å². The monoisotopic (exact) mass is 323 g/mol. The van der Waals surface area contributed by atoms with Crippen LogP contribution in [0.25, 0.3) is 0 Å². The molecule has 1 aromatic heterocycles. The highest BCUT2D eigenvalue weighted by molar-refractivity contribution is 9.10. The molecule has 0 saturated carbocycles. The van der Waals surface area contributed by atoms with Gasteiger partial charge in [0.25, 0.3) is 0 Å². The van der Waals surface area contributed by atoms with Gasteiger partial charge >= 0.3 is 5.97 Å². The number of carbonyl (C=O) groups is 1. The molecular formula is C14H14BrNO3. The summed E-state index contributed by atoms with van der Waals surface area (Å²) in [6.07, 6.45) is 1.49. The zero-order valence-electron chi connectivity index (χ0n) is 10.5. The maximum atomic E-state index is 11.4. The van der Waals surface area contributed by atoms with E-state index in [-0.39, 0.29) is 5.76 Å². The molecule has 0 aliphatic heterocycles. The van der Waals surface area contributed by atoms with Crippen LogP contribution in [0.3, 0.4) is 0 Å². The number of furan rings is 1. The van der Waals surface area contributed by atoms with Crippen molar-refractivity contribution in [1.29, 1.82) is 0 Å². The molecule has 0 aliphatic carbocycles. The van der Waals surface area contributed by atoms with Gasteiger partial charge in [-0.3, -0.25) is 0 Å². The van der Waals surface area contributed by atoms with Crippen LogP contribution in [0.4, 0.5) is 0 Å². The van der Waals surface area contributed by atoms with Crippen molar-refractivity contribution in [3.05, 3.63) is 58.0 Å². The fraction of sp³-hybridized carbons (Fsp3) is 0.214. The fourth-order valence-electron chi connectivity index (χ4n) is 1.69. The van der Waals surface area contributed by atoms with Crippen molar-refractivity contribution >= 4 is 21.9 Å². The molecule has 0 saturated heterocycles. The van der Waals surface area contributed by atoms with Crippen molar-refractivity contribution in [1.82, 2.24) is 5.32 Å². The van der Waals surface area contributed by atoms with Crippen LogP contribution in [-0.4, -0.2) is 13.1 Å². The van der Waals surface area contributed by atoms with Gasteiger partial charge in [-0.25, -0.2) is 4.79 Å². The Kier molecular flexibility index (Phi) is 4.76. The average molecular weight is 324 g/mol. The Hall–Kier alpha value is -1.59. The maximum Gasteiger partial charge on any atom is 0.374 e. The van der Waals surface area contributed by atoms with Gasteiger partial charge in [0.15, 0.2) is 0 Å². The Morgan fingerprint density at radius 1 is 1.26 bits per heavy atom. The molecule has 0 amide bonds. The average Bonchev–Trinajstić information content (AvgIpc) is 2.88.